The zero-order chi connectivity index (χ0) is 17.6. The Kier molecular flexibility index (Phi) is 7.32. The predicted octanol–water partition coefficient (Wildman–Crippen LogP) is 2.86. The van der Waals surface area contributed by atoms with Gasteiger partial charge in [-0.15, -0.1) is 0 Å². The molecule has 1 saturated heterocycles. The van der Waals surface area contributed by atoms with Gasteiger partial charge >= 0.3 is 12.1 Å². The number of piperidine rings is 1. The Bertz CT molecular complexity index is 404. The number of carboxylic acid groups (broad SMARTS) is 1. The molecule has 1 aliphatic heterocycles. The minimum Gasteiger partial charge on any atom is -0.480 e. The molecule has 6 heteroatoms. The van der Waals surface area contributed by atoms with Gasteiger partial charge in [-0.05, 0) is 52.5 Å². The number of likely N-dealkylation sites (tertiary alicyclic amines) is 1. The molecular formula is C17H32N2O4. The van der Waals surface area contributed by atoms with Crippen LogP contribution in [0.3, 0.4) is 0 Å². The van der Waals surface area contributed by atoms with Gasteiger partial charge in [-0.3, -0.25) is 9.69 Å². The smallest absolute Gasteiger partial charge is 0.407 e. The molecule has 1 amide bonds. The maximum atomic E-state index is 12.0. The van der Waals surface area contributed by atoms with Crippen LogP contribution in [0.5, 0.6) is 0 Å². The van der Waals surface area contributed by atoms with Crippen molar-refractivity contribution in [1.82, 2.24) is 10.2 Å². The van der Waals surface area contributed by atoms with Crippen LogP contribution in [0.2, 0.25) is 0 Å². The molecule has 6 nitrogen and oxygen atoms in total. The summed E-state index contributed by atoms with van der Waals surface area (Å²) in [6.45, 7) is 11.0. The minimum atomic E-state index is -0.773. The van der Waals surface area contributed by atoms with E-state index in [-0.39, 0.29) is 6.04 Å². The van der Waals surface area contributed by atoms with Gasteiger partial charge in [0.15, 0.2) is 0 Å². The molecule has 0 saturated carbocycles. The predicted molar refractivity (Wildman–Crippen MR) is 89.5 cm³/mol. The lowest BCUT2D eigenvalue weighted by Gasteiger charge is -2.36. The Morgan fingerprint density at radius 1 is 1.30 bits per heavy atom. The fraction of sp³-hybridized carbons (Fsp3) is 0.882. The number of nitrogens with zero attached hydrogens (tertiary/aromatic N) is 1. The molecule has 2 N–H and O–H groups in total. The van der Waals surface area contributed by atoms with Crippen LogP contribution in [0.15, 0.2) is 0 Å². The highest BCUT2D eigenvalue weighted by molar-refractivity contribution is 5.73. The van der Waals surface area contributed by atoms with Crippen LogP contribution in [0.1, 0.15) is 60.3 Å². The van der Waals surface area contributed by atoms with E-state index in [2.05, 4.69) is 19.2 Å². The first-order valence-electron chi connectivity index (χ1n) is 8.55. The first-order valence-corrected chi connectivity index (χ1v) is 8.55. The van der Waals surface area contributed by atoms with E-state index in [1.807, 2.05) is 25.7 Å². The normalized spacial score (nSPS) is 21.0. The fourth-order valence-corrected chi connectivity index (χ4v) is 2.99. The molecule has 0 aromatic carbocycles. The highest BCUT2D eigenvalue weighted by Crippen LogP contribution is 2.19. The van der Waals surface area contributed by atoms with E-state index in [1.165, 1.54) is 0 Å². The molecule has 0 aliphatic carbocycles. The standard InChI is InChI=1S/C17H32N2O4/c1-12(2)10-13(18-16(22)23-17(3,4)5)11-19-9-7-6-8-14(19)15(20)21/h12-14H,6-11H2,1-5H3,(H,18,22)(H,20,21)/t13?,14-/m0/s1. The highest BCUT2D eigenvalue weighted by Gasteiger charge is 2.31. The number of ether oxygens (including phenoxy) is 1. The Labute approximate surface area is 139 Å². The van der Waals surface area contributed by atoms with Crippen molar-refractivity contribution in [2.45, 2.75) is 78.0 Å². The number of carboxylic acids is 1. The summed E-state index contributed by atoms with van der Waals surface area (Å²) in [6.07, 6.45) is 2.98. The molecule has 1 unspecified atom stereocenters. The SMILES string of the molecule is CC(C)CC(CN1CCCC[C@H]1C(=O)O)NC(=O)OC(C)(C)C. The molecule has 1 fully saturated rings. The molecule has 0 aromatic rings. The first kappa shape index (κ1) is 19.7. The summed E-state index contributed by atoms with van der Waals surface area (Å²) in [5.74, 6) is -0.367. The highest BCUT2D eigenvalue weighted by atomic mass is 16.6. The lowest BCUT2D eigenvalue weighted by molar-refractivity contribution is -0.144. The molecule has 0 radical (unpaired) electrons. The number of hydrogen-bond acceptors (Lipinski definition) is 4. The molecule has 1 rings (SSSR count). The average molecular weight is 328 g/mol. The summed E-state index contributed by atoms with van der Waals surface area (Å²) in [6, 6.07) is -0.552. The van der Waals surface area contributed by atoms with Crippen LogP contribution in [0, 0.1) is 5.92 Å². The van der Waals surface area contributed by atoms with Crippen molar-refractivity contribution in [1.29, 1.82) is 0 Å². The zero-order valence-electron chi connectivity index (χ0n) is 15.1. The summed E-state index contributed by atoms with van der Waals surface area (Å²) >= 11 is 0. The van der Waals surface area contributed by atoms with Crippen LogP contribution in [0.4, 0.5) is 4.79 Å². The number of amides is 1. The van der Waals surface area contributed by atoms with E-state index in [0.29, 0.717) is 18.9 Å². The van der Waals surface area contributed by atoms with Gasteiger partial charge in [0.05, 0.1) is 0 Å². The van der Waals surface area contributed by atoms with Gasteiger partial charge in [-0.25, -0.2) is 4.79 Å². The van der Waals surface area contributed by atoms with Crippen LogP contribution in [-0.4, -0.2) is 52.8 Å². The molecular weight excluding hydrogens is 296 g/mol. The minimum absolute atomic E-state index is 0.107. The topological polar surface area (TPSA) is 78.9 Å². The molecule has 1 heterocycles. The fourth-order valence-electron chi connectivity index (χ4n) is 2.99. The van der Waals surface area contributed by atoms with E-state index in [9.17, 15) is 14.7 Å². The zero-order valence-corrected chi connectivity index (χ0v) is 15.1. The Balaban J connectivity index is 2.69. The molecule has 2 atom stereocenters. The van der Waals surface area contributed by atoms with Crippen LogP contribution < -0.4 is 5.32 Å². The van der Waals surface area contributed by atoms with E-state index in [1.54, 1.807) is 0 Å². The Morgan fingerprint density at radius 2 is 1.96 bits per heavy atom. The van der Waals surface area contributed by atoms with Gasteiger partial charge in [0, 0.05) is 12.6 Å². The number of hydrogen-bond donors (Lipinski definition) is 2. The van der Waals surface area contributed by atoms with Gasteiger partial charge in [-0.1, -0.05) is 20.3 Å². The monoisotopic (exact) mass is 328 g/mol. The van der Waals surface area contributed by atoms with Crippen molar-refractivity contribution < 1.29 is 19.4 Å². The summed E-state index contributed by atoms with van der Waals surface area (Å²) in [4.78, 5) is 25.4. The molecule has 0 spiro atoms. The molecule has 0 aromatic heterocycles. The summed E-state index contributed by atoms with van der Waals surface area (Å²) in [5, 5.41) is 12.3. The van der Waals surface area contributed by atoms with Crippen molar-refractivity contribution in [2.24, 2.45) is 5.92 Å². The molecule has 0 bridgehead atoms. The number of aliphatic carboxylic acids is 1. The summed E-state index contributed by atoms with van der Waals surface area (Å²) in [5.41, 5.74) is -0.540. The van der Waals surface area contributed by atoms with E-state index in [0.717, 1.165) is 25.8 Å². The lowest BCUT2D eigenvalue weighted by Crippen LogP contribution is -2.52. The largest absolute Gasteiger partial charge is 0.480 e. The number of carbonyl (C=O) groups is 2. The molecule has 23 heavy (non-hydrogen) atoms. The molecule has 134 valence electrons. The van der Waals surface area contributed by atoms with E-state index in [4.69, 9.17) is 4.74 Å². The van der Waals surface area contributed by atoms with Gasteiger partial charge in [0.2, 0.25) is 0 Å². The van der Waals surface area contributed by atoms with Gasteiger partial charge in [-0.2, -0.15) is 0 Å². The van der Waals surface area contributed by atoms with Gasteiger partial charge in [0.25, 0.3) is 0 Å². The van der Waals surface area contributed by atoms with Crippen LogP contribution in [-0.2, 0) is 9.53 Å². The molecule has 1 aliphatic rings. The Hall–Kier alpha value is -1.30. The first-order chi connectivity index (χ1) is 10.6. The number of alkyl carbamates (subject to hydrolysis) is 1. The second kappa shape index (κ2) is 8.52. The second-order valence-electron chi connectivity index (χ2n) is 7.82. The van der Waals surface area contributed by atoms with Crippen molar-refractivity contribution in [3.8, 4) is 0 Å². The van der Waals surface area contributed by atoms with Crippen LogP contribution in [0.25, 0.3) is 0 Å². The summed E-state index contributed by atoms with van der Waals surface area (Å²) < 4.78 is 5.33. The number of rotatable bonds is 6. The van der Waals surface area contributed by atoms with Crippen molar-refractivity contribution in [2.75, 3.05) is 13.1 Å². The average Bonchev–Trinajstić information content (AvgIpc) is 2.35. The van der Waals surface area contributed by atoms with Crippen molar-refractivity contribution in [3.63, 3.8) is 0 Å². The van der Waals surface area contributed by atoms with E-state index < -0.39 is 23.7 Å². The lowest BCUT2D eigenvalue weighted by atomic mass is 9.98. The quantitative estimate of drug-likeness (QED) is 0.784. The van der Waals surface area contributed by atoms with Gasteiger partial charge in [0.1, 0.15) is 11.6 Å². The van der Waals surface area contributed by atoms with Crippen LogP contribution >= 0.6 is 0 Å². The third-order valence-electron chi connectivity index (χ3n) is 3.83. The maximum absolute atomic E-state index is 12.0. The summed E-state index contributed by atoms with van der Waals surface area (Å²) in [7, 11) is 0. The van der Waals surface area contributed by atoms with E-state index >= 15 is 0 Å². The third kappa shape index (κ3) is 7.68. The van der Waals surface area contributed by atoms with Gasteiger partial charge < -0.3 is 15.2 Å². The number of nitrogens with one attached hydrogen (secondary N) is 1. The third-order valence-corrected chi connectivity index (χ3v) is 3.83. The Morgan fingerprint density at radius 3 is 2.48 bits per heavy atom. The maximum Gasteiger partial charge on any atom is 0.407 e. The second-order valence-corrected chi connectivity index (χ2v) is 7.82. The van der Waals surface area contributed by atoms with Crippen molar-refractivity contribution in [3.05, 3.63) is 0 Å². The number of carbonyl (C=O) groups excluding carboxylic acids is 1. The van der Waals surface area contributed by atoms with Crippen molar-refractivity contribution >= 4 is 12.1 Å².